The van der Waals surface area contributed by atoms with E-state index in [9.17, 15) is 5.11 Å². The van der Waals surface area contributed by atoms with Crippen LogP contribution in [0, 0.1) is 0 Å². The molecule has 19 heavy (non-hydrogen) atoms. The number of rotatable bonds is 3. The molecule has 0 spiro atoms. The van der Waals surface area contributed by atoms with Crippen LogP contribution in [-0.4, -0.2) is 14.7 Å². The lowest BCUT2D eigenvalue weighted by molar-refractivity contribution is 0.0618. The van der Waals surface area contributed by atoms with Crippen molar-refractivity contribution < 1.29 is 9.84 Å². The first-order chi connectivity index (χ1) is 9.29. The van der Waals surface area contributed by atoms with E-state index in [1.165, 1.54) is 0 Å². The SMILES string of the molecule is CCCn1cncc1C1C[C@H](O)c2ccccc2O1. The lowest BCUT2D eigenvalue weighted by atomic mass is 9.98. The molecule has 0 aliphatic carbocycles. The molecular formula is C15H18N2O2. The van der Waals surface area contributed by atoms with Crippen LogP contribution in [0.4, 0.5) is 0 Å². The van der Waals surface area contributed by atoms with Crippen molar-refractivity contribution in [2.45, 2.75) is 38.5 Å². The van der Waals surface area contributed by atoms with E-state index in [1.807, 2.05) is 36.8 Å². The van der Waals surface area contributed by atoms with Crippen LogP contribution in [0.15, 0.2) is 36.8 Å². The second kappa shape index (κ2) is 5.05. The number of aromatic nitrogens is 2. The highest BCUT2D eigenvalue weighted by Crippen LogP contribution is 2.40. The van der Waals surface area contributed by atoms with Gasteiger partial charge >= 0.3 is 0 Å². The minimum atomic E-state index is -0.472. The van der Waals surface area contributed by atoms with Crippen LogP contribution in [-0.2, 0) is 6.54 Å². The normalized spacial score (nSPS) is 21.8. The molecule has 0 saturated carbocycles. The molecule has 0 saturated heterocycles. The summed E-state index contributed by atoms with van der Waals surface area (Å²) in [5.74, 6) is 0.774. The number of aliphatic hydroxyl groups excluding tert-OH is 1. The van der Waals surface area contributed by atoms with Crippen molar-refractivity contribution in [3.63, 3.8) is 0 Å². The van der Waals surface area contributed by atoms with Crippen molar-refractivity contribution in [1.82, 2.24) is 9.55 Å². The molecule has 1 unspecified atom stereocenters. The third kappa shape index (κ3) is 2.24. The van der Waals surface area contributed by atoms with Gasteiger partial charge in [0.2, 0.25) is 0 Å². The molecule has 4 heteroatoms. The Morgan fingerprint density at radius 2 is 2.26 bits per heavy atom. The van der Waals surface area contributed by atoms with Crippen LogP contribution < -0.4 is 4.74 Å². The van der Waals surface area contributed by atoms with Crippen molar-refractivity contribution in [2.75, 3.05) is 0 Å². The summed E-state index contributed by atoms with van der Waals surface area (Å²) >= 11 is 0. The predicted molar refractivity (Wildman–Crippen MR) is 71.9 cm³/mol. The topological polar surface area (TPSA) is 47.3 Å². The highest BCUT2D eigenvalue weighted by molar-refractivity contribution is 5.37. The lowest BCUT2D eigenvalue weighted by Gasteiger charge is -2.30. The van der Waals surface area contributed by atoms with Gasteiger partial charge in [0.05, 0.1) is 24.3 Å². The number of imidazole rings is 1. The van der Waals surface area contributed by atoms with Gasteiger partial charge in [0, 0.05) is 18.5 Å². The van der Waals surface area contributed by atoms with Gasteiger partial charge in [-0.05, 0) is 12.5 Å². The van der Waals surface area contributed by atoms with Gasteiger partial charge in [-0.15, -0.1) is 0 Å². The number of hydrogen-bond acceptors (Lipinski definition) is 3. The number of benzene rings is 1. The molecule has 1 aliphatic heterocycles. The zero-order valence-corrected chi connectivity index (χ0v) is 11.0. The van der Waals surface area contributed by atoms with E-state index >= 15 is 0 Å². The van der Waals surface area contributed by atoms with E-state index in [0.717, 1.165) is 30.0 Å². The first kappa shape index (κ1) is 12.2. The molecule has 4 nitrogen and oxygen atoms in total. The zero-order chi connectivity index (χ0) is 13.2. The van der Waals surface area contributed by atoms with Crippen molar-refractivity contribution in [2.24, 2.45) is 0 Å². The van der Waals surface area contributed by atoms with Crippen LogP contribution in [0.3, 0.4) is 0 Å². The molecule has 2 aromatic rings. The number of nitrogens with zero attached hydrogens (tertiary/aromatic N) is 2. The summed E-state index contributed by atoms with van der Waals surface area (Å²) in [6.07, 6.45) is 4.69. The van der Waals surface area contributed by atoms with Gasteiger partial charge in [0.1, 0.15) is 11.9 Å². The quantitative estimate of drug-likeness (QED) is 0.920. The van der Waals surface area contributed by atoms with Gasteiger partial charge in [0.25, 0.3) is 0 Å². The molecule has 0 radical (unpaired) electrons. The highest BCUT2D eigenvalue weighted by Gasteiger charge is 2.29. The third-order valence-electron chi connectivity index (χ3n) is 3.52. The molecule has 1 aliphatic rings. The van der Waals surface area contributed by atoms with Crippen LogP contribution in [0.1, 0.15) is 43.2 Å². The van der Waals surface area contributed by atoms with E-state index < -0.39 is 6.10 Å². The van der Waals surface area contributed by atoms with Crippen LogP contribution in [0.2, 0.25) is 0 Å². The lowest BCUT2D eigenvalue weighted by Crippen LogP contribution is -2.21. The van der Waals surface area contributed by atoms with Crippen LogP contribution in [0.5, 0.6) is 5.75 Å². The van der Waals surface area contributed by atoms with E-state index in [2.05, 4.69) is 16.5 Å². The molecule has 0 amide bonds. The fraction of sp³-hybridized carbons (Fsp3) is 0.400. The maximum Gasteiger partial charge on any atom is 0.143 e. The van der Waals surface area contributed by atoms with Gasteiger partial charge in [-0.1, -0.05) is 25.1 Å². The van der Waals surface area contributed by atoms with E-state index in [0.29, 0.717) is 6.42 Å². The predicted octanol–water partition coefficient (Wildman–Crippen LogP) is 2.85. The summed E-state index contributed by atoms with van der Waals surface area (Å²) < 4.78 is 8.12. The van der Waals surface area contributed by atoms with Crippen molar-refractivity contribution in [3.8, 4) is 5.75 Å². The molecule has 3 rings (SSSR count). The maximum atomic E-state index is 10.2. The molecule has 1 aromatic heterocycles. The van der Waals surface area contributed by atoms with E-state index in [4.69, 9.17) is 4.74 Å². The molecule has 100 valence electrons. The Morgan fingerprint density at radius 3 is 3.11 bits per heavy atom. The Kier molecular flexibility index (Phi) is 3.25. The second-order valence-corrected chi connectivity index (χ2v) is 4.91. The summed E-state index contributed by atoms with van der Waals surface area (Å²) in [6, 6.07) is 7.68. The number of ether oxygens (including phenoxy) is 1. The summed E-state index contributed by atoms with van der Waals surface area (Å²) in [7, 11) is 0. The van der Waals surface area contributed by atoms with Crippen LogP contribution >= 0.6 is 0 Å². The fourth-order valence-electron chi connectivity index (χ4n) is 2.60. The van der Waals surface area contributed by atoms with E-state index in [-0.39, 0.29) is 6.10 Å². The largest absolute Gasteiger partial charge is 0.484 e. The minimum absolute atomic E-state index is 0.126. The van der Waals surface area contributed by atoms with E-state index in [1.54, 1.807) is 0 Å². The smallest absolute Gasteiger partial charge is 0.143 e. The van der Waals surface area contributed by atoms with Crippen molar-refractivity contribution >= 4 is 0 Å². The third-order valence-corrected chi connectivity index (χ3v) is 3.52. The Hall–Kier alpha value is -1.81. The molecule has 2 atom stereocenters. The zero-order valence-electron chi connectivity index (χ0n) is 11.0. The Morgan fingerprint density at radius 1 is 1.42 bits per heavy atom. The van der Waals surface area contributed by atoms with Gasteiger partial charge in [-0.3, -0.25) is 0 Å². The standard InChI is InChI=1S/C15H18N2O2/c1-2-7-17-10-16-9-12(17)15-8-13(18)11-5-3-4-6-14(11)19-15/h3-6,9-10,13,15,18H,2,7-8H2,1H3/t13-,15?/m0/s1. The number of aliphatic hydroxyl groups is 1. The average Bonchev–Trinajstić information content (AvgIpc) is 2.87. The molecule has 1 N–H and O–H groups in total. The van der Waals surface area contributed by atoms with Crippen molar-refractivity contribution in [1.29, 1.82) is 0 Å². The Bertz CT molecular complexity index is 565. The second-order valence-electron chi connectivity index (χ2n) is 4.91. The van der Waals surface area contributed by atoms with Gasteiger partial charge in [-0.25, -0.2) is 4.98 Å². The highest BCUT2D eigenvalue weighted by atomic mass is 16.5. The number of para-hydroxylation sites is 1. The molecule has 1 aromatic carbocycles. The first-order valence-electron chi connectivity index (χ1n) is 6.73. The monoisotopic (exact) mass is 258 g/mol. The number of fused-ring (bicyclic) bond motifs is 1. The molecule has 0 fully saturated rings. The van der Waals surface area contributed by atoms with Crippen molar-refractivity contribution in [3.05, 3.63) is 48.0 Å². The van der Waals surface area contributed by atoms with Gasteiger partial charge < -0.3 is 14.4 Å². The van der Waals surface area contributed by atoms with Gasteiger partial charge in [-0.2, -0.15) is 0 Å². The summed E-state index contributed by atoms with van der Waals surface area (Å²) in [5, 5.41) is 10.2. The van der Waals surface area contributed by atoms with Gasteiger partial charge in [0.15, 0.2) is 0 Å². The first-order valence-corrected chi connectivity index (χ1v) is 6.73. The Balaban J connectivity index is 1.90. The Labute approximate surface area is 112 Å². The number of hydrogen-bond donors (Lipinski definition) is 1. The summed E-state index contributed by atoms with van der Waals surface area (Å²) in [5.41, 5.74) is 1.91. The van der Waals surface area contributed by atoms with Crippen LogP contribution in [0.25, 0.3) is 0 Å². The average molecular weight is 258 g/mol. The molecule has 2 heterocycles. The number of aryl methyl sites for hydroxylation is 1. The minimum Gasteiger partial charge on any atom is -0.484 e. The fourth-order valence-corrected chi connectivity index (χ4v) is 2.60. The summed E-state index contributed by atoms with van der Waals surface area (Å²) in [4.78, 5) is 4.20. The molecule has 0 bridgehead atoms. The molecular weight excluding hydrogens is 240 g/mol. The maximum absolute atomic E-state index is 10.2. The summed E-state index contributed by atoms with van der Waals surface area (Å²) in [6.45, 7) is 3.06.